The summed E-state index contributed by atoms with van der Waals surface area (Å²) in [6, 6.07) is 11.7. The van der Waals surface area contributed by atoms with Gasteiger partial charge in [-0.1, -0.05) is 6.07 Å². The van der Waals surface area contributed by atoms with Crippen molar-refractivity contribution < 1.29 is 9.53 Å². The highest BCUT2D eigenvalue weighted by Crippen LogP contribution is 2.39. The molecule has 3 heterocycles. The van der Waals surface area contributed by atoms with E-state index >= 15 is 0 Å². The van der Waals surface area contributed by atoms with Crippen LogP contribution in [0, 0.1) is 11.3 Å². The Kier molecular flexibility index (Phi) is 5.79. The van der Waals surface area contributed by atoms with Crippen LogP contribution < -0.4 is 0 Å². The zero-order chi connectivity index (χ0) is 22.1. The number of aromatic nitrogens is 2. The number of thiophene rings is 1. The number of benzene rings is 1. The number of piperazine rings is 1. The maximum absolute atomic E-state index is 13.6. The molecule has 0 unspecified atom stereocenters. The lowest BCUT2D eigenvalue weighted by atomic mass is 9.94. The summed E-state index contributed by atoms with van der Waals surface area (Å²) in [7, 11) is 1.71. The Labute approximate surface area is 191 Å². The first-order valence-electron chi connectivity index (χ1n) is 10.9. The Hall–Kier alpha value is -2.99. The van der Waals surface area contributed by atoms with Gasteiger partial charge < -0.3 is 9.64 Å². The molecular formula is C24H25N5O2S. The van der Waals surface area contributed by atoms with Crippen molar-refractivity contribution in [3.63, 3.8) is 0 Å². The van der Waals surface area contributed by atoms with Crippen LogP contribution in [0.3, 0.4) is 0 Å². The predicted octanol–water partition coefficient (Wildman–Crippen LogP) is 2.98. The van der Waals surface area contributed by atoms with E-state index in [1.165, 1.54) is 4.88 Å². The molecule has 0 atom stereocenters. The van der Waals surface area contributed by atoms with Crippen molar-refractivity contribution in [2.75, 3.05) is 46.4 Å². The van der Waals surface area contributed by atoms with Gasteiger partial charge in [0.05, 0.1) is 29.6 Å². The topological polar surface area (TPSA) is 74.4 Å². The maximum Gasteiger partial charge on any atom is 0.274 e. The zero-order valence-corrected chi connectivity index (χ0v) is 18.9. The van der Waals surface area contributed by atoms with Crippen LogP contribution in [0.5, 0.6) is 0 Å². The van der Waals surface area contributed by atoms with E-state index in [-0.39, 0.29) is 5.91 Å². The summed E-state index contributed by atoms with van der Waals surface area (Å²) in [5.41, 5.74) is 5.09. The highest BCUT2D eigenvalue weighted by molar-refractivity contribution is 7.10. The molecule has 8 heteroatoms. The van der Waals surface area contributed by atoms with E-state index < -0.39 is 0 Å². The number of ether oxygens (including phenoxy) is 1. The van der Waals surface area contributed by atoms with Crippen molar-refractivity contribution in [1.29, 1.82) is 5.26 Å². The number of methoxy groups -OCH3 is 1. The molecular weight excluding hydrogens is 422 g/mol. The van der Waals surface area contributed by atoms with E-state index in [9.17, 15) is 10.1 Å². The number of aryl methyl sites for hydroxylation is 1. The molecule has 2 aliphatic rings. The predicted molar refractivity (Wildman–Crippen MR) is 123 cm³/mol. The van der Waals surface area contributed by atoms with Crippen molar-refractivity contribution in [1.82, 2.24) is 19.6 Å². The second kappa shape index (κ2) is 8.87. The molecule has 0 bridgehead atoms. The van der Waals surface area contributed by atoms with Crippen LogP contribution in [0.15, 0.2) is 35.7 Å². The molecule has 3 aromatic rings. The normalized spacial score (nSPS) is 15.8. The number of hydrogen-bond donors (Lipinski definition) is 0. The summed E-state index contributed by atoms with van der Waals surface area (Å²) >= 11 is 1.75. The molecule has 0 N–H and O–H groups in total. The first kappa shape index (κ1) is 20.9. The van der Waals surface area contributed by atoms with E-state index in [1.807, 2.05) is 27.8 Å². The van der Waals surface area contributed by atoms with Crippen LogP contribution in [0.2, 0.25) is 0 Å². The van der Waals surface area contributed by atoms with Gasteiger partial charge in [0.1, 0.15) is 0 Å². The Morgan fingerprint density at radius 3 is 2.84 bits per heavy atom. The Morgan fingerprint density at radius 1 is 1.22 bits per heavy atom. The maximum atomic E-state index is 13.6. The van der Waals surface area contributed by atoms with Crippen molar-refractivity contribution in [2.45, 2.75) is 12.8 Å². The molecule has 5 rings (SSSR count). The fraction of sp³-hybridized carbons (Fsp3) is 0.375. The second-order valence-electron chi connectivity index (χ2n) is 8.13. The number of fused-ring (bicyclic) bond motifs is 3. The summed E-state index contributed by atoms with van der Waals surface area (Å²) in [5, 5.41) is 16.3. The van der Waals surface area contributed by atoms with Gasteiger partial charge in [0, 0.05) is 55.8 Å². The van der Waals surface area contributed by atoms with E-state index in [0.717, 1.165) is 55.0 Å². The molecule has 164 valence electrons. The Balaban J connectivity index is 1.51. The summed E-state index contributed by atoms with van der Waals surface area (Å²) in [6.07, 6.45) is 1.73. The summed E-state index contributed by atoms with van der Waals surface area (Å²) in [4.78, 5) is 19.1. The number of nitrogens with zero attached hydrogens (tertiary/aromatic N) is 5. The lowest BCUT2D eigenvalue weighted by molar-refractivity contribution is 0.0587. The van der Waals surface area contributed by atoms with Crippen LogP contribution in [-0.2, 0) is 17.6 Å². The molecule has 1 saturated heterocycles. The van der Waals surface area contributed by atoms with Gasteiger partial charge in [-0.3, -0.25) is 9.69 Å². The van der Waals surface area contributed by atoms with Gasteiger partial charge in [0.25, 0.3) is 5.91 Å². The third-order valence-electron chi connectivity index (χ3n) is 6.28. The van der Waals surface area contributed by atoms with Gasteiger partial charge in [0.2, 0.25) is 0 Å². The molecule has 0 saturated carbocycles. The lowest BCUT2D eigenvalue weighted by Crippen LogP contribution is -2.49. The van der Waals surface area contributed by atoms with Gasteiger partial charge in [-0.25, -0.2) is 4.68 Å². The molecule has 2 aromatic heterocycles. The third kappa shape index (κ3) is 3.73. The van der Waals surface area contributed by atoms with E-state index in [2.05, 4.69) is 22.4 Å². The van der Waals surface area contributed by atoms with Crippen LogP contribution >= 0.6 is 11.3 Å². The molecule has 0 radical (unpaired) electrons. The largest absolute Gasteiger partial charge is 0.383 e. The fourth-order valence-corrected chi connectivity index (χ4v) is 5.44. The molecule has 1 aliphatic carbocycles. The molecule has 1 amide bonds. The molecule has 32 heavy (non-hydrogen) atoms. The standard InChI is InChI=1S/C24H25N5O2S/c1-31-13-12-27-8-10-28(11-9-27)24(30)22-20-5-6-21-19(7-14-32-21)23(20)29(26-22)18-4-2-3-17(15-18)16-25/h2-4,7,14-15H,5-6,8-13H2,1H3. The van der Waals surface area contributed by atoms with Crippen LogP contribution in [-0.4, -0.2) is 71.9 Å². The second-order valence-corrected chi connectivity index (χ2v) is 9.13. The van der Waals surface area contributed by atoms with E-state index in [0.29, 0.717) is 31.0 Å². The van der Waals surface area contributed by atoms with E-state index in [1.54, 1.807) is 24.5 Å². The molecule has 1 fully saturated rings. The Bertz CT molecular complexity index is 1180. The van der Waals surface area contributed by atoms with Crippen LogP contribution in [0.4, 0.5) is 0 Å². The van der Waals surface area contributed by atoms with Crippen molar-refractivity contribution in [3.05, 3.63) is 57.4 Å². The summed E-state index contributed by atoms with van der Waals surface area (Å²) < 4.78 is 7.04. The minimum Gasteiger partial charge on any atom is -0.383 e. The number of carbonyl (C=O) groups is 1. The third-order valence-corrected chi connectivity index (χ3v) is 7.26. The average molecular weight is 448 g/mol. The molecule has 0 spiro atoms. The summed E-state index contributed by atoms with van der Waals surface area (Å²) in [5.74, 6) is 0.00140. The highest BCUT2D eigenvalue weighted by Gasteiger charge is 2.32. The number of rotatable bonds is 5. The minimum atomic E-state index is 0.00140. The molecule has 7 nitrogen and oxygen atoms in total. The zero-order valence-electron chi connectivity index (χ0n) is 18.1. The van der Waals surface area contributed by atoms with Crippen molar-refractivity contribution in [2.24, 2.45) is 0 Å². The van der Waals surface area contributed by atoms with Crippen molar-refractivity contribution in [3.8, 4) is 23.0 Å². The monoisotopic (exact) mass is 447 g/mol. The number of nitriles is 1. The van der Waals surface area contributed by atoms with Gasteiger partial charge in [-0.05, 0) is 42.5 Å². The minimum absolute atomic E-state index is 0.00140. The lowest BCUT2D eigenvalue weighted by Gasteiger charge is -2.34. The first-order valence-corrected chi connectivity index (χ1v) is 11.8. The number of carbonyl (C=O) groups excluding carboxylic acids is 1. The SMILES string of the molecule is COCCN1CCN(C(=O)c2nn(-c3cccc(C#N)c3)c3c2CCc2sccc2-3)CC1. The van der Waals surface area contributed by atoms with Crippen LogP contribution in [0.1, 0.15) is 26.5 Å². The summed E-state index contributed by atoms with van der Waals surface area (Å²) in [6.45, 7) is 4.67. The van der Waals surface area contributed by atoms with Gasteiger partial charge in [-0.15, -0.1) is 11.3 Å². The smallest absolute Gasteiger partial charge is 0.274 e. The quantitative estimate of drug-likeness (QED) is 0.601. The van der Waals surface area contributed by atoms with Gasteiger partial charge in [-0.2, -0.15) is 10.4 Å². The van der Waals surface area contributed by atoms with Gasteiger partial charge in [0.15, 0.2) is 5.69 Å². The first-order chi connectivity index (χ1) is 15.7. The van der Waals surface area contributed by atoms with Crippen LogP contribution in [0.25, 0.3) is 16.9 Å². The van der Waals surface area contributed by atoms with Gasteiger partial charge >= 0.3 is 0 Å². The molecule has 1 aliphatic heterocycles. The number of amides is 1. The Morgan fingerprint density at radius 2 is 2.06 bits per heavy atom. The fourth-order valence-electron chi connectivity index (χ4n) is 4.56. The highest BCUT2D eigenvalue weighted by atomic mass is 32.1. The van der Waals surface area contributed by atoms with E-state index in [4.69, 9.17) is 9.84 Å². The molecule has 1 aromatic carbocycles. The van der Waals surface area contributed by atoms with Crippen molar-refractivity contribution >= 4 is 17.2 Å². The average Bonchev–Trinajstić information content (AvgIpc) is 3.47. The number of hydrogen-bond acceptors (Lipinski definition) is 6.